The summed E-state index contributed by atoms with van der Waals surface area (Å²) in [6, 6.07) is 14.4. The molecule has 0 fully saturated rings. The fourth-order valence-corrected chi connectivity index (χ4v) is 2.73. The number of benzene rings is 2. The topological polar surface area (TPSA) is 67.9 Å². The molecule has 25 heavy (non-hydrogen) atoms. The van der Waals surface area contributed by atoms with E-state index in [2.05, 4.69) is 5.32 Å². The second-order valence-electron chi connectivity index (χ2n) is 5.62. The minimum absolute atomic E-state index is 0.136. The zero-order valence-corrected chi connectivity index (χ0v) is 14.2. The van der Waals surface area contributed by atoms with Gasteiger partial charge in [-0.15, -0.1) is 0 Å². The Labute approximate surface area is 146 Å². The molecule has 2 amide bonds. The van der Waals surface area contributed by atoms with Crippen molar-refractivity contribution in [1.29, 1.82) is 0 Å². The van der Waals surface area contributed by atoms with E-state index in [1.165, 1.54) is 6.92 Å². The summed E-state index contributed by atoms with van der Waals surface area (Å²) in [6.07, 6.45) is -0.798. The third-order valence-electron chi connectivity index (χ3n) is 3.89. The lowest BCUT2D eigenvalue weighted by atomic mass is 10.1. The number of para-hydroxylation sites is 4. The molecule has 0 radical (unpaired) electrons. The van der Waals surface area contributed by atoms with Crippen LogP contribution in [0.1, 0.15) is 13.8 Å². The highest BCUT2D eigenvalue weighted by molar-refractivity contribution is 6.00. The van der Waals surface area contributed by atoms with Gasteiger partial charge in [0.15, 0.2) is 6.10 Å². The normalized spacial score (nSPS) is 15.8. The molecule has 1 aliphatic heterocycles. The summed E-state index contributed by atoms with van der Waals surface area (Å²) in [5, 5.41) is 2.83. The zero-order valence-electron chi connectivity index (χ0n) is 14.2. The number of rotatable bonds is 4. The fraction of sp³-hybridized carbons (Fsp3) is 0.263. The second kappa shape index (κ2) is 7.25. The molecule has 1 atom stereocenters. The van der Waals surface area contributed by atoms with Gasteiger partial charge in [-0.25, -0.2) is 0 Å². The number of fused-ring (bicyclic) bond motifs is 1. The van der Waals surface area contributed by atoms with Crippen LogP contribution < -0.4 is 19.7 Å². The molecule has 0 spiro atoms. The van der Waals surface area contributed by atoms with Crippen molar-refractivity contribution >= 4 is 23.2 Å². The van der Waals surface area contributed by atoms with Crippen LogP contribution in [0.25, 0.3) is 0 Å². The SMILES string of the molecule is CCOc1ccccc1NC(=O)C1CN(C(C)=O)c2ccccc2O1. The maximum Gasteiger partial charge on any atom is 0.267 e. The van der Waals surface area contributed by atoms with Crippen LogP contribution in [0.2, 0.25) is 0 Å². The van der Waals surface area contributed by atoms with E-state index in [0.29, 0.717) is 29.5 Å². The van der Waals surface area contributed by atoms with Crippen LogP contribution in [0.3, 0.4) is 0 Å². The molecule has 0 saturated heterocycles. The van der Waals surface area contributed by atoms with Crippen LogP contribution in [-0.2, 0) is 9.59 Å². The van der Waals surface area contributed by atoms with Gasteiger partial charge in [-0.2, -0.15) is 0 Å². The van der Waals surface area contributed by atoms with Gasteiger partial charge in [0.2, 0.25) is 5.91 Å². The minimum atomic E-state index is -0.798. The number of anilines is 2. The van der Waals surface area contributed by atoms with Crippen molar-refractivity contribution < 1.29 is 19.1 Å². The van der Waals surface area contributed by atoms with Gasteiger partial charge >= 0.3 is 0 Å². The molecular weight excluding hydrogens is 320 g/mol. The quantitative estimate of drug-likeness (QED) is 0.929. The number of hydrogen-bond acceptors (Lipinski definition) is 4. The molecule has 6 heteroatoms. The fourth-order valence-electron chi connectivity index (χ4n) is 2.73. The summed E-state index contributed by atoms with van der Waals surface area (Å²) in [6.45, 7) is 4.01. The summed E-state index contributed by atoms with van der Waals surface area (Å²) in [7, 11) is 0. The third kappa shape index (κ3) is 3.57. The van der Waals surface area contributed by atoms with Crippen molar-refractivity contribution in [2.24, 2.45) is 0 Å². The van der Waals surface area contributed by atoms with Gasteiger partial charge in [0.1, 0.15) is 11.5 Å². The molecule has 0 aromatic heterocycles. The molecular formula is C19H20N2O4. The number of carbonyl (C=O) groups excluding carboxylic acids is 2. The monoisotopic (exact) mass is 340 g/mol. The Morgan fingerprint density at radius 2 is 1.92 bits per heavy atom. The Kier molecular flexibility index (Phi) is 4.88. The predicted octanol–water partition coefficient (Wildman–Crippen LogP) is 2.84. The molecule has 6 nitrogen and oxygen atoms in total. The molecule has 1 N–H and O–H groups in total. The van der Waals surface area contributed by atoms with Crippen molar-refractivity contribution in [2.75, 3.05) is 23.4 Å². The van der Waals surface area contributed by atoms with E-state index < -0.39 is 6.10 Å². The average Bonchev–Trinajstić information content (AvgIpc) is 2.62. The first-order chi connectivity index (χ1) is 12.1. The van der Waals surface area contributed by atoms with Gasteiger partial charge in [-0.1, -0.05) is 24.3 Å². The van der Waals surface area contributed by atoms with Crippen LogP contribution >= 0.6 is 0 Å². The number of hydrogen-bond donors (Lipinski definition) is 1. The third-order valence-corrected chi connectivity index (χ3v) is 3.89. The summed E-state index contributed by atoms with van der Waals surface area (Å²) >= 11 is 0. The summed E-state index contributed by atoms with van der Waals surface area (Å²) in [5.74, 6) is 0.649. The molecule has 0 saturated carbocycles. The lowest BCUT2D eigenvalue weighted by Gasteiger charge is -2.33. The van der Waals surface area contributed by atoms with Crippen molar-refractivity contribution in [3.8, 4) is 11.5 Å². The first kappa shape index (κ1) is 16.8. The predicted molar refractivity (Wildman–Crippen MR) is 95.1 cm³/mol. The van der Waals surface area contributed by atoms with Crippen molar-refractivity contribution in [2.45, 2.75) is 20.0 Å². The van der Waals surface area contributed by atoms with E-state index in [4.69, 9.17) is 9.47 Å². The molecule has 1 heterocycles. The van der Waals surface area contributed by atoms with Crippen LogP contribution in [0.4, 0.5) is 11.4 Å². The Morgan fingerprint density at radius 3 is 2.68 bits per heavy atom. The van der Waals surface area contributed by atoms with E-state index in [1.54, 1.807) is 29.2 Å². The molecule has 2 aromatic rings. The molecule has 1 unspecified atom stereocenters. The largest absolute Gasteiger partial charge is 0.492 e. The standard InChI is InChI=1S/C19H20N2O4/c1-3-24-16-10-6-4-8-14(16)20-19(23)18-12-21(13(2)22)15-9-5-7-11-17(15)25-18/h4-11,18H,3,12H2,1-2H3,(H,20,23). The van der Waals surface area contributed by atoms with Gasteiger partial charge in [-0.3, -0.25) is 9.59 Å². The van der Waals surface area contributed by atoms with E-state index >= 15 is 0 Å². The van der Waals surface area contributed by atoms with E-state index in [-0.39, 0.29) is 18.4 Å². The van der Waals surface area contributed by atoms with Crippen LogP contribution in [-0.4, -0.2) is 31.1 Å². The lowest BCUT2D eigenvalue weighted by molar-refractivity contribution is -0.123. The minimum Gasteiger partial charge on any atom is -0.492 e. The van der Waals surface area contributed by atoms with Crippen molar-refractivity contribution in [3.05, 3.63) is 48.5 Å². The average molecular weight is 340 g/mol. The number of ether oxygens (including phenoxy) is 2. The van der Waals surface area contributed by atoms with Crippen molar-refractivity contribution in [1.82, 2.24) is 0 Å². The first-order valence-corrected chi connectivity index (χ1v) is 8.16. The van der Waals surface area contributed by atoms with Gasteiger partial charge in [0.25, 0.3) is 5.91 Å². The summed E-state index contributed by atoms with van der Waals surface area (Å²) < 4.78 is 11.3. The highest BCUT2D eigenvalue weighted by Crippen LogP contribution is 2.33. The van der Waals surface area contributed by atoms with Gasteiger partial charge < -0.3 is 19.7 Å². The maximum atomic E-state index is 12.7. The van der Waals surface area contributed by atoms with Crippen LogP contribution in [0, 0.1) is 0 Å². The molecule has 0 aliphatic carbocycles. The Morgan fingerprint density at radius 1 is 1.20 bits per heavy atom. The number of amides is 2. The number of carbonyl (C=O) groups is 2. The smallest absolute Gasteiger partial charge is 0.267 e. The van der Waals surface area contributed by atoms with E-state index in [1.807, 2.05) is 31.2 Å². The van der Waals surface area contributed by atoms with Gasteiger partial charge in [0, 0.05) is 6.92 Å². The number of nitrogens with one attached hydrogen (secondary N) is 1. The molecule has 1 aliphatic rings. The van der Waals surface area contributed by atoms with Crippen LogP contribution in [0.5, 0.6) is 11.5 Å². The summed E-state index contributed by atoms with van der Waals surface area (Å²) in [4.78, 5) is 26.2. The molecule has 3 rings (SSSR count). The Balaban J connectivity index is 1.81. The van der Waals surface area contributed by atoms with E-state index in [0.717, 1.165) is 0 Å². The summed E-state index contributed by atoms with van der Waals surface area (Å²) in [5.41, 5.74) is 1.25. The maximum absolute atomic E-state index is 12.7. The second-order valence-corrected chi connectivity index (χ2v) is 5.62. The Bertz CT molecular complexity index is 790. The number of nitrogens with zero attached hydrogens (tertiary/aromatic N) is 1. The lowest BCUT2D eigenvalue weighted by Crippen LogP contribution is -2.48. The zero-order chi connectivity index (χ0) is 17.8. The molecule has 0 bridgehead atoms. The van der Waals surface area contributed by atoms with E-state index in [9.17, 15) is 9.59 Å². The van der Waals surface area contributed by atoms with Crippen molar-refractivity contribution in [3.63, 3.8) is 0 Å². The van der Waals surface area contributed by atoms with Gasteiger partial charge in [0.05, 0.1) is 24.5 Å². The highest BCUT2D eigenvalue weighted by atomic mass is 16.5. The molecule has 130 valence electrons. The highest BCUT2D eigenvalue weighted by Gasteiger charge is 2.32. The first-order valence-electron chi connectivity index (χ1n) is 8.16. The van der Waals surface area contributed by atoms with Gasteiger partial charge in [-0.05, 0) is 31.2 Å². The van der Waals surface area contributed by atoms with Crippen LogP contribution in [0.15, 0.2) is 48.5 Å². The Hall–Kier alpha value is -3.02. The molecule has 2 aromatic carbocycles.